The average molecular weight is 310 g/mol. The average Bonchev–Trinajstić information content (AvgIpc) is 3.31. The molecule has 120 valence electrons. The van der Waals surface area contributed by atoms with Crippen molar-refractivity contribution in [3.8, 4) is 0 Å². The first-order valence-corrected chi connectivity index (χ1v) is 8.05. The second kappa shape index (κ2) is 6.36. The summed E-state index contributed by atoms with van der Waals surface area (Å²) in [6.45, 7) is 6.13. The van der Waals surface area contributed by atoms with Crippen molar-refractivity contribution in [2.45, 2.75) is 45.6 Å². The summed E-state index contributed by atoms with van der Waals surface area (Å²) >= 11 is 0. The van der Waals surface area contributed by atoms with Crippen LogP contribution in [-0.2, 0) is 0 Å². The van der Waals surface area contributed by atoms with Gasteiger partial charge in [0.1, 0.15) is 17.3 Å². The Morgan fingerprint density at radius 3 is 2.48 bits per heavy atom. The van der Waals surface area contributed by atoms with Crippen molar-refractivity contribution < 1.29 is 4.79 Å². The highest BCUT2D eigenvalue weighted by Crippen LogP contribution is 2.21. The summed E-state index contributed by atoms with van der Waals surface area (Å²) in [6, 6.07) is 10.3. The number of aromatic nitrogens is 2. The fourth-order valence-corrected chi connectivity index (χ4v) is 2.33. The highest BCUT2D eigenvalue weighted by Gasteiger charge is 2.24. The molecular weight excluding hydrogens is 288 g/mol. The van der Waals surface area contributed by atoms with E-state index in [2.05, 4.69) is 46.6 Å². The first kappa shape index (κ1) is 15.5. The molecule has 0 aliphatic heterocycles. The maximum Gasteiger partial charge on any atom is 0.270 e. The molecule has 2 aromatic rings. The van der Waals surface area contributed by atoms with Gasteiger partial charge in [0.2, 0.25) is 0 Å². The minimum Gasteiger partial charge on any atom is -0.348 e. The molecule has 1 aliphatic carbocycles. The number of carbonyl (C=O) groups is 1. The topological polar surface area (TPSA) is 66.9 Å². The van der Waals surface area contributed by atoms with Gasteiger partial charge in [-0.05, 0) is 43.4 Å². The molecule has 0 bridgehead atoms. The van der Waals surface area contributed by atoms with Gasteiger partial charge in [0.15, 0.2) is 0 Å². The Balaban J connectivity index is 1.76. The van der Waals surface area contributed by atoms with E-state index in [1.54, 1.807) is 13.0 Å². The molecule has 5 nitrogen and oxygen atoms in total. The van der Waals surface area contributed by atoms with Gasteiger partial charge in [-0.25, -0.2) is 9.97 Å². The summed E-state index contributed by atoms with van der Waals surface area (Å²) in [5, 5.41) is 6.20. The van der Waals surface area contributed by atoms with Crippen molar-refractivity contribution in [3.63, 3.8) is 0 Å². The molecule has 1 aromatic carbocycles. The van der Waals surface area contributed by atoms with Crippen LogP contribution in [-0.4, -0.2) is 21.9 Å². The van der Waals surface area contributed by atoms with Crippen LogP contribution in [0.4, 0.5) is 11.5 Å². The highest BCUT2D eigenvalue weighted by molar-refractivity contribution is 5.93. The lowest BCUT2D eigenvalue weighted by Gasteiger charge is -2.10. The van der Waals surface area contributed by atoms with E-state index < -0.39 is 0 Å². The molecule has 5 heteroatoms. The number of amides is 1. The first-order valence-electron chi connectivity index (χ1n) is 8.05. The molecule has 1 heterocycles. The van der Waals surface area contributed by atoms with Crippen LogP contribution in [0.3, 0.4) is 0 Å². The van der Waals surface area contributed by atoms with E-state index in [-0.39, 0.29) is 5.91 Å². The maximum atomic E-state index is 12.1. The molecule has 1 aliphatic rings. The lowest BCUT2D eigenvalue weighted by molar-refractivity contribution is 0.0945. The Kier molecular flexibility index (Phi) is 4.28. The molecule has 3 rings (SSSR count). The number of nitrogens with one attached hydrogen (secondary N) is 2. The fourth-order valence-electron chi connectivity index (χ4n) is 2.33. The molecule has 1 saturated carbocycles. The molecule has 0 radical (unpaired) electrons. The van der Waals surface area contributed by atoms with Gasteiger partial charge in [0.25, 0.3) is 5.91 Å². The maximum absolute atomic E-state index is 12.1. The number of carbonyl (C=O) groups excluding carboxylic acids is 1. The monoisotopic (exact) mass is 310 g/mol. The van der Waals surface area contributed by atoms with Gasteiger partial charge in [-0.2, -0.15) is 0 Å². The Morgan fingerprint density at radius 2 is 1.87 bits per heavy atom. The summed E-state index contributed by atoms with van der Waals surface area (Å²) < 4.78 is 0. The number of aryl methyl sites for hydroxylation is 1. The molecule has 2 N–H and O–H groups in total. The molecule has 0 atom stereocenters. The van der Waals surface area contributed by atoms with E-state index in [4.69, 9.17) is 0 Å². The van der Waals surface area contributed by atoms with Gasteiger partial charge >= 0.3 is 0 Å². The smallest absolute Gasteiger partial charge is 0.270 e. The van der Waals surface area contributed by atoms with Gasteiger partial charge in [0.05, 0.1) is 0 Å². The summed E-state index contributed by atoms with van der Waals surface area (Å²) in [5.74, 6) is 1.59. The Bertz CT molecular complexity index is 705. The number of benzene rings is 1. The van der Waals surface area contributed by atoms with E-state index >= 15 is 0 Å². The Morgan fingerprint density at radius 1 is 1.17 bits per heavy atom. The van der Waals surface area contributed by atoms with Crippen molar-refractivity contribution in [2.24, 2.45) is 0 Å². The number of anilines is 2. The lowest BCUT2D eigenvalue weighted by Crippen LogP contribution is -2.26. The summed E-state index contributed by atoms with van der Waals surface area (Å²) in [7, 11) is 0. The number of nitrogens with zero attached hydrogens (tertiary/aromatic N) is 2. The van der Waals surface area contributed by atoms with Gasteiger partial charge < -0.3 is 10.6 Å². The van der Waals surface area contributed by atoms with Crippen molar-refractivity contribution in [1.82, 2.24) is 15.3 Å². The van der Waals surface area contributed by atoms with E-state index in [9.17, 15) is 4.79 Å². The van der Waals surface area contributed by atoms with Crippen LogP contribution in [0, 0.1) is 6.92 Å². The third-order valence-corrected chi connectivity index (χ3v) is 3.83. The van der Waals surface area contributed by atoms with Crippen LogP contribution in [0.15, 0.2) is 30.3 Å². The summed E-state index contributed by atoms with van der Waals surface area (Å²) in [4.78, 5) is 20.7. The third kappa shape index (κ3) is 4.06. The molecule has 0 unspecified atom stereocenters. The number of rotatable bonds is 5. The van der Waals surface area contributed by atoms with Crippen LogP contribution >= 0.6 is 0 Å². The molecule has 0 saturated heterocycles. The van der Waals surface area contributed by atoms with Gasteiger partial charge in [0, 0.05) is 17.8 Å². The zero-order valence-corrected chi connectivity index (χ0v) is 13.8. The van der Waals surface area contributed by atoms with Crippen LogP contribution in [0.25, 0.3) is 0 Å². The number of hydrogen-bond donors (Lipinski definition) is 2. The quantitative estimate of drug-likeness (QED) is 0.886. The van der Waals surface area contributed by atoms with Gasteiger partial charge in [-0.15, -0.1) is 0 Å². The van der Waals surface area contributed by atoms with Gasteiger partial charge in [-0.1, -0.05) is 26.0 Å². The minimum atomic E-state index is -0.129. The van der Waals surface area contributed by atoms with Crippen LogP contribution < -0.4 is 10.6 Å². The van der Waals surface area contributed by atoms with Crippen LogP contribution in [0.1, 0.15) is 54.5 Å². The summed E-state index contributed by atoms with van der Waals surface area (Å²) in [6.07, 6.45) is 2.12. The van der Waals surface area contributed by atoms with Crippen LogP contribution in [0.5, 0.6) is 0 Å². The molecule has 1 amide bonds. The zero-order valence-electron chi connectivity index (χ0n) is 13.8. The van der Waals surface area contributed by atoms with E-state index in [0.717, 1.165) is 18.5 Å². The largest absolute Gasteiger partial charge is 0.348 e. The SMILES string of the molecule is Cc1nc(Nc2ccc(C(C)C)cc2)cc(C(=O)NC2CC2)n1. The Hall–Kier alpha value is -2.43. The van der Waals surface area contributed by atoms with Crippen molar-refractivity contribution in [3.05, 3.63) is 47.4 Å². The summed E-state index contributed by atoms with van der Waals surface area (Å²) in [5.41, 5.74) is 2.64. The predicted octanol–water partition coefficient (Wildman–Crippen LogP) is 3.54. The number of hydrogen-bond acceptors (Lipinski definition) is 4. The predicted molar refractivity (Wildman–Crippen MR) is 91.1 cm³/mol. The normalized spacial score (nSPS) is 13.9. The molecule has 1 aromatic heterocycles. The van der Waals surface area contributed by atoms with Crippen molar-refractivity contribution in [1.29, 1.82) is 0 Å². The van der Waals surface area contributed by atoms with E-state index in [1.807, 2.05) is 12.1 Å². The van der Waals surface area contributed by atoms with E-state index in [1.165, 1.54) is 5.56 Å². The van der Waals surface area contributed by atoms with E-state index in [0.29, 0.717) is 29.3 Å². The molecular formula is C18H22N4O. The first-order chi connectivity index (χ1) is 11.0. The Labute approximate surface area is 136 Å². The second-order valence-corrected chi connectivity index (χ2v) is 6.34. The molecule has 23 heavy (non-hydrogen) atoms. The third-order valence-electron chi connectivity index (χ3n) is 3.83. The second-order valence-electron chi connectivity index (χ2n) is 6.34. The lowest BCUT2D eigenvalue weighted by atomic mass is 10.0. The van der Waals surface area contributed by atoms with Crippen molar-refractivity contribution in [2.75, 3.05) is 5.32 Å². The van der Waals surface area contributed by atoms with Crippen molar-refractivity contribution >= 4 is 17.4 Å². The fraction of sp³-hybridized carbons (Fsp3) is 0.389. The van der Waals surface area contributed by atoms with Gasteiger partial charge in [-0.3, -0.25) is 4.79 Å². The van der Waals surface area contributed by atoms with Crippen LogP contribution in [0.2, 0.25) is 0 Å². The minimum absolute atomic E-state index is 0.129. The highest BCUT2D eigenvalue weighted by atomic mass is 16.2. The standard InChI is InChI=1S/C18H22N4O/c1-11(2)13-4-6-14(7-5-13)21-17-10-16(19-12(3)20-17)18(23)22-15-8-9-15/h4-7,10-11,15H,8-9H2,1-3H3,(H,22,23)(H,19,20,21). The zero-order chi connectivity index (χ0) is 16.4. The molecule has 1 fully saturated rings. The molecule has 0 spiro atoms.